The van der Waals surface area contributed by atoms with Crippen LogP contribution >= 0.6 is 34.2 Å². The van der Waals surface area contributed by atoms with Crippen LogP contribution in [-0.2, 0) is 20.8 Å². The van der Waals surface area contributed by atoms with Crippen LogP contribution in [0, 0.1) is 14.4 Å². The van der Waals surface area contributed by atoms with Crippen molar-refractivity contribution in [2.45, 2.75) is 65.7 Å². The van der Waals surface area contributed by atoms with Gasteiger partial charge in [0.25, 0.3) is 5.91 Å². The quantitative estimate of drug-likeness (QED) is 0.218. The molecule has 0 atom stereocenters. The second kappa shape index (κ2) is 13.9. The second-order valence-electron chi connectivity index (χ2n) is 14.8. The summed E-state index contributed by atoms with van der Waals surface area (Å²) < 4.78 is 12.6. The van der Waals surface area contributed by atoms with Crippen LogP contribution in [0.2, 0.25) is 5.02 Å². The highest BCUT2D eigenvalue weighted by atomic mass is 127. The monoisotopic (exact) mass is 792 g/mol. The van der Waals surface area contributed by atoms with Gasteiger partial charge in [-0.2, -0.15) is 0 Å². The van der Waals surface area contributed by atoms with Crippen LogP contribution in [0.1, 0.15) is 70.4 Å². The standard InChI is InChI=1S/C40H42ClIN2O5/c1-39(2)19-29-36(31(45)21-39)35(37-30(20-40(3,4)22-32(37)46)44(29)16-15-24-9-7-6-8-10-24)25-17-28(42)38(33(18-25)48-5)49-23-34(47)43-27-13-11-26(41)12-14-27/h6-14,17-18,35H,15-16,19-23H2,1-5H3,(H,43,47). The summed E-state index contributed by atoms with van der Waals surface area (Å²) in [6, 6.07) is 21.1. The van der Waals surface area contributed by atoms with Gasteiger partial charge in [0, 0.05) is 58.6 Å². The Kier molecular flexibility index (Phi) is 10.0. The number of Topliss-reactive ketones (excluding diaryl/α,β-unsaturated/α-hetero) is 2. The first kappa shape index (κ1) is 35.2. The number of halogens is 2. The van der Waals surface area contributed by atoms with Crippen molar-refractivity contribution >= 4 is 57.4 Å². The van der Waals surface area contributed by atoms with Gasteiger partial charge in [0.05, 0.1) is 10.7 Å². The fourth-order valence-electron chi connectivity index (χ4n) is 7.45. The molecular weight excluding hydrogens is 751 g/mol. The van der Waals surface area contributed by atoms with Crippen molar-refractivity contribution in [1.82, 2.24) is 4.90 Å². The van der Waals surface area contributed by atoms with E-state index in [1.807, 2.05) is 30.3 Å². The summed E-state index contributed by atoms with van der Waals surface area (Å²) in [6.07, 6.45) is 3.10. The van der Waals surface area contributed by atoms with E-state index in [-0.39, 0.29) is 34.9 Å². The van der Waals surface area contributed by atoms with E-state index < -0.39 is 5.92 Å². The molecule has 3 aromatic carbocycles. The first-order valence-electron chi connectivity index (χ1n) is 16.6. The van der Waals surface area contributed by atoms with Gasteiger partial charge in [-0.15, -0.1) is 0 Å². The smallest absolute Gasteiger partial charge is 0.262 e. The molecule has 6 rings (SSSR count). The van der Waals surface area contributed by atoms with Crippen molar-refractivity contribution in [2.24, 2.45) is 10.8 Å². The summed E-state index contributed by atoms with van der Waals surface area (Å²) in [5.41, 5.74) is 5.69. The number of nitrogens with one attached hydrogen (secondary N) is 1. The van der Waals surface area contributed by atoms with Crippen molar-refractivity contribution < 1.29 is 23.9 Å². The molecule has 1 amide bonds. The highest BCUT2D eigenvalue weighted by Gasteiger charge is 2.49. The minimum atomic E-state index is -0.519. The number of ketones is 2. The maximum atomic E-state index is 14.3. The Labute approximate surface area is 307 Å². The average Bonchev–Trinajstić information content (AvgIpc) is 3.03. The number of hydrogen-bond acceptors (Lipinski definition) is 6. The number of nitrogens with zero attached hydrogens (tertiary/aromatic N) is 1. The predicted octanol–water partition coefficient (Wildman–Crippen LogP) is 8.90. The lowest BCUT2D eigenvalue weighted by Crippen LogP contribution is -2.45. The first-order valence-corrected chi connectivity index (χ1v) is 18.1. The van der Waals surface area contributed by atoms with Gasteiger partial charge in [-0.05, 0) is 100 Å². The third-order valence-electron chi connectivity index (χ3n) is 9.55. The van der Waals surface area contributed by atoms with Gasteiger partial charge in [-0.3, -0.25) is 14.4 Å². The highest BCUT2D eigenvalue weighted by Crippen LogP contribution is 2.55. The van der Waals surface area contributed by atoms with E-state index in [9.17, 15) is 14.4 Å². The molecule has 0 spiro atoms. The van der Waals surface area contributed by atoms with E-state index in [0.29, 0.717) is 56.3 Å². The van der Waals surface area contributed by atoms with Crippen molar-refractivity contribution in [1.29, 1.82) is 0 Å². The zero-order chi connectivity index (χ0) is 35.1. The number of rotatable bonds is 9. The fourth-order valence-corrected chi connectivity index (χ4v) is 8.36. The highest BCUT2D eigenvalue weighted by molar-refractivity contribution is 14.1. The van der Waals surface area contributed by atoms with Crippen LogP contribution in [0.15, 0.2) is 89.3 Å². The number of benzene rings is 3. The Hall–Kier alpha value is -3.63. The Balaban J connectivity index is 1.40. The molecule has 0 bridgehead atoms. The van der Waals surface area contributed by atoms with Crippen molar-refractivity contribution in [3.8, 4) is 11.5 Å². The molecule has 0 aromatic heterocycles. The third-order valence-corrected chi connectivity index (χ3v) is 10.6. The Morgan fingerprint density at radius 2 is 1.49 bits per heavy atom. The molecule has 7 nitrogen and oxygen atoms in total. The summed E-state index contributed by atoms with van der Waals surface area (Å²) in [4.78, 5) is 43.6. The van der Waals surface area contributed by atoms with Crippen molar-refractivity contribution in [2.75, 3.05) is 25.6 Å². The predicted molar refractivity (Wildman–Crippen MR) is 201 cm³/mol. The Morgan fingerprint density at radius 3 is 2.06 bits per heavy atom. The number of allylic oxidation sites excluding steroid dienone is 4. The lowest BCUT2D eigenvalue weighted by molar-refractivity contribution is -0.120. The summed E-state index contributed by atoms with van der Waals surface area (Å²) in [5, 5.41) is 3.39. The average molecular weight is 793 g/mol. The van der Waals surface area contributed by atoms with Crippen molar-refractivity contribution in [3.05, 3.63) is 109 Å². The molecule has 2 aliphatic carbocycles. The zero-order valence-corrected chi connectivity index (χ0v) is 31.5. The molecule has 0 unspecified atom stereocenters. The molecule has 3 aliphatic rings. The Morgan fingerprint density at radius 1 is 0.898 bits per heavy atom. The third kappa shape index (κ3) is 7.60. The lowest BCUT2D eigenvalue weighted by atomic mass is 9.63. The van der Waals surface area contributed by atoms with Crippen LogP contribution in [0.3, 0.4) is 0 Å². The van der Waals surface area contributed by atoms with E-state index in [2.05, 4.69) is 72.6 Å². The van der Waals surface area contributed by atoms with Gasteiger partial charge in [0.15, 0.2) is 29.7 Å². The van der Waals surface area contributed by atoms with Crippen LogP contribution in [0.4, 0.5) is 5.69 Å². The number of anilines is 1. The van der Waals surface area contributed by atoms with Gasteiger partial charge in [-0.25, -0.2) is 0 Å². The largest absolute Gasteiger partial charge is 0.493 e. The zero-order valence-electron chi connectivity index (χ0n) is 28.6. The maximum absolute atomic E-state index is 14.3. The molecular formula is C40H42ClIN2O5. The fraction of sp³-hybridized carbons (Fsp3) is 0.375. The molecule has 0 saturated heterocycles. The first-order chi connectivity index (χ1) is 23.2. The van der Waals surface area contributed by atoms with Crippen LogP contribution in [-0.4, -0.2) is 42.6 Å². The topological polar surface area (TPSA) is 84.9 Å². The van der Waals surface area contributed by atoms with Crippen LogP contribution in [0.5, 0.6) is 11.5 Å². The number of ether oxygens (including phenoxy) is 2. The molecule has 1 aliphatic heterocycles. The van der Waals surface area contributed by atoms with Gasteiger partial charge < -0.3 is 19.7 Å². The molecule has 0 saturated carbocycles. The number of methoxy groups -OCH3 is 1. The normalized spacial score (nSPS) is 18.6. The Bertz CT molecular complexity index is 1810. The molecule has 49 heavy (non-hydrogen) atoms. The number of carbonyl (C=O) groups is 3. The van der Waals surface area contributed by atoms with Gasteiger partial charge in [0.2, 0.25) is 0 Å². The maximum Gasteiger partial charge on any atom is 0.262 e. The van der Waals surface area contributed by atoms with E-state index in [1.165, 1.54) is 5.56 Å². The van der Waals surface area contributed by atoms with Gasteiger partial charge in [0.1, 0.15) is 0 Å². The number of carbonyl (C=O) groups excluding carboxylic acids is 3. The molecule has 0 fully saturated rings. The summed E-state index contributed by atoms with van der Waals surface area (Å²) in [5.74, 6) is 0.173. The van der Waals surface area contributed by atoms with E-state index in [1.54, 1.807) is 31.4 Å². The summed E-state index contributed by atoms with van der Waals surface area (Å²) in [7, 11) is 1.56. The SMILES string of the molecule is COc1cc(C2C3=C(CC(C)(C)CC3=O)N(CCc3ccccc3)C3=C2C(=O)CC(C)(C)C3)cc(I)c1OCC(=O)Nc1ccc(Cl)cc1. The van der Waals surface area contributed by atoms with E-state index in [0.717, 1.165) is 36.2 Å². The minimum Gasteiger partial charge on any atom is -0.493 e. The number of amides is 1. The molecule has 256 valence electrons. The molecule has 0 radical (unpaired) electrons. The lowest BCUT2D eigenvalue weighted by Gasteiger charge is -2.49. The molecule has 9 heteroatoms. The molecule has 1 heterocycles. The number of hydrogen-bond donors (Lipinski definition) is 1. The summed E-state index contributed by atoms with van der Waals surface area (Å²) in [6.45, 7) is 9.06. The van der Waals surface area contributed by atoms with Gasteiger partial charge >= 0.3 is 0 Å². The van der Waals surface area contributed by atoms with E-state index in [4.69, 9.17) is 21.1 Å². The molecule has 3 aromatic rings. The van der Waals surface area contributed by atoms with Gasteiger partial charge in [-0.1, -0.05) is 69.6 Å². The summed E-state index contributed by atoms with van der Waals surface area (Å²) >= 11 is 8.15. The van der Waals surface area contributed by atoms with Crippen LogP contribution < -0.4 is 14.8 Å². The van der Waals surface area contributed by atoms with E-state index >= 15 is 0 Å². The van der Waals surface area contributed by atoms with Crippen LogP contribution in [0.25, 0.3) is 0 Å². The second-order valence-corrected chi connectivity index (χ2v) is 16.4. The minimum absolute atomic E-state index is 0.0818. The van der Waals surface area contributed by atoms with Crippen molar-refractivity contribution in [3.63, 3.8) is 0 Å². The molecule has 1 N–H and O–H groups in total.